The van der Waals surface area contributed by atoms with Gasteiger partial charge in [0.1, 0.15) is 5.82 Å². The Bertz CT molecular complexity index is 599. The summed E-state index contributed by atoms with van der Waals surface area (Å²) < 4.78 is 17.6. The third-order valence-corrected chi connectivity index (χ3v) is 2.90. The molecule has 5 heteroatoms. The van der Waals surface area contributed by atoms with Crippen LogP contribution in [0.3, 0.4) is 0 Å². The zero-order chi connectivity index (χ0) is 14.5. The molecule has 0 aliphatic rings. The second-order valence-corrected chi connectivity index (χ2v) is 4.30. The van der Waals surface area contributed by atoms with E-state index in [2.05, 4.69) is 10.3 Å². The van der Waals surface area contributed by atoms with Crippen molar-refractivity contribution in [1.29, 1.82) is 0 Å². The SMILES string of the molecule is COC(=O)c1ccccc1NC(C)c1ccc(F)cn1. The molecular formula is C15H15FN2O2. The van der Waals surface area contributed by atoms with E-state index in [-0.39, 0.29) is 11.9 Å². The number of carbonyl (C=O) groups is 1. The summed E-state index contributed by atoms with van der Waals surface area (Å²) in [5.41, 5.74) is 1.79. The number of benzene rings is 1. The van der Waals surface area contributed by atoms with Crippen LogP contribution in [0.2, 0.25) is 0 Å². The summed E-state index contributed by atoms with van der Waals surface area (Å²) in [6.45, 7) is 1.88. The zero-order valence-corrected chi connectivity index (χ0v) is 11.3. The van der Waals surface area contributed by atoms with Gasteiger partial charge in [0.15, 0.2) is 0 Å². The molecular weight excluding hydrogens is 259 g/mol. The summed E-state index contributed by atoms with van der Waals surface area (Å²) in [6.07, 6.45) is 1.17. The number of aromatic nitrogens is 1. The molecule has 0 radical (unpaired) electrons. The molecule has 1 atom stereocenters. The Morgan fingerprint density at radius 1 is 1.30 bits per heavy atom. The lowest BCUT2D eigenvalue weighted by Crippen LogP contribution is -2.12. The van der Waals surface area contributed by atoms with Crippen molar-refractivity contribution in [2.24, 2.45) is 0 Å². The molecule has 1 unspecified atom stereocenters. The first-order valence-corrected chi connectivity index (χ1v) is 6.17. The highest BCUT2D eigenvalue weighted by molar-refractivity contribution is 5.95. The van der Waals surface area contributed by atoms with E-state index in [0.29, 0.717) is 16.9 Å². The lowest BCUT2D eigenvalue weighted by molar-refractivity contribution is 0.0602. The van der Waals surface area contributed by atoms with Gasteiger partial charge in [-0.05, 0) is 31.2 Å². The van der Waals surface area contributed by atoms with Crippen molar-refractivity contribution in [3.05, 3.63) is 59.7 Å². The quantitative estimate of drug-likeness (QED) is 0.870. The maximum absolute atomic E-state index is 12.8. The van der Waals surface area contributed by atoms with Crippen molar-refractivity contribution >= 4 is 11.7 Å². The maximum Gasteiger partial charge on any atom is 0.339 e. The number of rotatable bonds is 4. The van der Waals surface area contributed by atoms with Gasteiger partial charge in [-0.25, -0.2) is 9.18 Å². The molecule has 1 aromatic heterocycles. The standard InChI is InChI=1S/C15H15FN2O2/c1-10(13-8-7-11(16)9-17-13)18-14-6-4-3-5-12(14)15(19)20-2/h3-10,18H,1-2H3. The van der Waals surface area contributed by atoms with Gasteiger partial charge in [-0.1, -0.05) is 12.1 Å². The summed E-state index contributed by atoms with van der Waals surface area (Å²) >= 11 is 0. The van der Waals surface area contributed by atoms with Gasteiger partial charge >= 0.3 is 5.97 Å². The van der Waals surface area contributed by atoms with Gasteiger partial charge in [0.25, 0.3) is 0 Å². The summed E-state index contributed by atoms with van der Waals surface area (Å²) in [7, 11) is 1.34. The average Bonchev–Trinajstić information content (AvgIpc) is 2.47. The first-order chi connectivity index (χ1) is 9.61. The molecule has 20 heavy (non-hydrogen) atoms. The Kier molecular flexibility index (Phi) is 4.30. The molecule has 0 aliphatic carbocycles. The van der Waals surface area contributed by atoms with Crippen LogP contribution in [0, 0.1) is 5.82 Å². The molecule has 0 saturated carbocycles. The maximum atomic E-state index is 12.8. The minimum atomic E-state index is -0.410. The highest BCUT2D eigenvalue weighted by Gasteiger charge is 2.14. The van der Waals surface area contributed by atoms with Crippen molar-refractivity contribution in [3.8, 4) is 0 Å². The molecule has 0 amide bonds. The van der Waals surface area contributed by atoms with Gasteiger partial charge in [-0.3, -0.25) is 4.98 Å². The molecule has 1 heterocycles. The number of pyridine rings is 1. The Morgan fingerprint density at radius 3 is 2.70 bits per heavy atom. The first kappa shape index (κ1) is 14.0. The smallest absolute Gasteiger partial charge is 0.339 e. The second kappa shape index (κ2) is 6.14. The van der Waals surface area contributed by atoms with Gasteiger partial charge in [0, 0.05) is 5.69 Å². The topological polar surface area (TPSA) is 51.2 Å². The molecule has 2 rings (SSSR count). The third kappa shape index (κ3) is 3.12. The molecule has 0 saturated heterocycles. The molecule has 0 spiro atoms. The summed E-state index contributed by atoms with van der Waals surface area (Å²) in [6, 6.07) is 9.84. The number of nitrogens with zero attached hydrogens (tertiary/aromatic N) is 1. The van der Waals surface area contributed by atoms with Gasteiger partial charge in [-0.15, -0.1) is 0 Å². The largest absolute Gasteiger partial charge is 0.465 e. The molecule has 0 aliphatic heterocycles. The van der Waals surface area contributed by atoms with E-state index in [4.69, 9.17) is 4.74 Å². The number of para-hydroxylation sites is 1. The fourth-order valence-electron chi connectivity index (χ4n) is 1.85. The van der Waals surface area contributed by atoms with Crippen LogP contribution >= 0.6 is 0 Å². The fourth-order valence-corrected chi connectivity index (χ4v) is 1.85. The zero-order valence-electron chi connectivity index (χ0n) is 11.3. The normalized spacial score (nSPS) is 11.8. The van der Waals surface area contributed by atoms with E-state index in [9.17, 15) is 9.18 Å². The molecule has 0 fully saturated rings. The van der Waals surface area contributed by atoms with Crippen molar-refractivity contribution < 1.29 is 13.9 Å². The predicted octanol–water partition coefficient (Wildman–Crippen LogP) is 3.18. The van der Waals surface area contributed by atoms with Crippen LogP contribution in [0.4, 0.5) is 10.1 Å². The Balaban J connectivity index is 2.21. The number of hydrogen-bond acceptors (Lipinski definition) is 4. The van der Waals surface area contributed by atoms with E-state index in [1.165, 1.54) is 19.4 Å². The van der Waals surface area contributed by atoms with E-state index >= 15 is 0 Å². The predicted molar refractivity (Wildman–Crippen MR) is 74.0 cm³/mol. The minimum Gasteiger partial charge on any atom is -0.465 e. The van der Waals surface area contributed by atoms with Crippen LogP contribution in [0.5, 0.6) is 0 Å². The van der Waals surface area contributed by atoms with Crippen molar-refractivity contribution in [2.45, 2.75) is 13.0 Å². The lowest BCUT2D eigenvalue weighted by atomic mass is 10.1. The Labute approximate surface area is 116 Å². The van der Waals surface area contributed by atoms with Crippen LogP contribution in [-0.2, 0) is 4.74 Å². The van der Waals surface area contributed by atoms with Crippen LogP contribution < -0.4 is 5.32 Å². The highest BCUT2D eigenvalue weighted by atomic mass is 19.1. The summed E-state index contributed by atoms with van der Waals surface area (Å²) in [4.78, 5) is 15.7. The third-order valence-electron chi connectivity index (χ3n) is 2.90. The number of nitrogens with one attached hydrogen (secondary N) is 1. The number of hydrogen-bond donors (Lipinski definition) is 1. The van der Waals surface area contributed by atoms with Gasteiger partial charge in [0.2, 0.25) is 0 Å². The number of anilines is 1. The molecule has 0 bridgehead atoms. The molecule has 4 nitrogen and oxygen atoms in total. The van der Waals surface area contributed by atoms with Crippen LogP contribution in [0.25, 0.3) is 0 Å². The van der Waals surface area contributed by atoms with Gasteiger partial charge < -0.3 is 10.1 Å². The number of ether oxygens (including phenoxy) is 1. The van der Waals surface area contributed by atoms with E-state index in [0.717, 1.165) is 0 Å². The molecule has 1 N–H and O–H groups in total. The second-order valence-electron chi connectivity index (χ2n) is 4.30. The summed E-state index contributed by atoms with van der Waals surface area (Å²) in [5.74, 6) is -0.789. The molecule has 2 aromatic rings. The Hall–Kier alpha value is -2.43. The monoisotopic (exact) mass is 274 g/mol. The Morgan fingerprint density at radius 2 is 2.05 bits per heavy atom. The van der Waals surface area contributed by atoms with Gasteiger partial charge in [0.05, 0.1) is 30.6 Å². The van der Waals surface area contributed by atoms with Crippen molar-refractivity contribution in [2.75, 3.05) is 12.4 Å². The van der Waals surface area contributed by atoms with Crippen LogP contribution in [0.15, 0.2) is 42.6 Å². The van der Waals surface area contributed by atoms with Crippen molar-refractivity contribution in [3.63, 3.8) is 0 Å². The number of carbonyl (C=O) groups excluding carboxylic acids is 1. The van der Waals surface area contributed by atoms with E-state index < -0.39 is 5.97 Å². The lowest BCUT2D eigenvalue weighted by Gasteiger charge is -2.16. The molecule has 1 aromatic carbocycles. The number of methoxy groups -OCH3 is 1. The first-order valence-electron chi connectivity index (χ1n) is 6.17. The van der Waals surface area contributed by atoms with E-state index in [1.54, 1.807) is 24.3 Å². The van der Waals surface area contributed by atoms with E-state index in [1.807, 2.05) is 13.0 Å². The number of halogens is 1. The minimum absolute atomic E-state index is 0.165. The molecule has 104 valence electrons. The highest BCUT2D eigenvalue weighted by Crippen LogP contribution is 2.22. The number of esters is 1. The van der Waals surface area contributed by atoms with Crippen LogP contribution in [0.1, 0.15) is 29.0 Å². The van der Waals surface area contributed by atoms with Gasteiger partial charge in [-0.2, -0.15) is 0 Å². The summed E-state index contributed by atoms with van der Waals surface area (Å²) in [5, 5.41) is 3.18. The van der Waals surface area contributed by atoms with Crippen molar-refractivity contribution in [1.82, 2.24) is 4.98 Å². The van der Waals surface area contributed by atoms with Crippen LogP contribution in [-0.4, -0.2) is 18.1 Å². The fraction of sp³-hybridized carbons (Fsp3) is 0.200. The average molecular weight is 274 g/mol.